The Bertz CT molecular complexity index is 348. The van der Waals surface area contributed by atoms with Gasteiger partial charge in [-0.25, -0.2) is 0 Å². The van der Waals surface area contributed by atoms with Crippen LogP contribution in [0.1, 0.15) is 27.2 Å². The molecule has 0 aromatic carbocycles. The molecule has 0 radical (unpaired) electrons. The molecule has 0 saturated carbocycles. The molecule has 1 aliphatic carbocycles. The van der Waals surface area contributed by atoms with Gasteiger partial charge in [0.15, 0.2) is 5.78 Å². The lowest BCUT2D eigenvalue weighted by atomic mass is 9.77. The number of hydrogen-bond donors (Lipinski definition) is 0. The lowest BCUT2D eigenvalue weighted by Crippen LogP contribution is -2.24. The van der Waals surface area contributed by atoms with Crippen molar-refractivity contribution in [1.29, 1.82) is 0 Å². The van der Waals surface area contributed by atoms with Crippen LogP contribution in [0, 0.1) is 5.41 Å². The maximum Gasteiger partial charge on any atom is 0.302 e. The highest BCUT2D eigenvalue weighted by molar-refractivity contribution is 6.09. The molecule has 0 aromatic rings. The monoisotopic (exact) mass is 208 g/mol. The molecule has 0 atom stereocenters. The molecule has 15 heavy (non-hydrogen) atoms. The standard InChI is InChI=1S/C12H16O3/c1-8-5-12(3,4)6-10(11(8)14)7-15-9(2)13/h6H,1,5,7H2,2-4H3. The zero-order valence-electron chi connectivity index (χ0n) is 9.42. The van der Waals surface area contributed by atoms with Crippen LogP contribution in [0.3, 0.4) is 0 Å². The summed E-state index contributed by atoms with van der Waals surface area (Å²) in [6, 6.07) is 0. The molecule has 0 N–H and O–H groups in total. The fourth-order valence-corrected chi connectivity index (χ4v) is 1.73. The Hall–Kier alpha value is -1.38. The highest BCUT2D eigenvalue weighted by atomic mass is 16.5. The van der Waals surface area contributed by atoms with Crippen LogP contribution in [0.4, 0.5) is 0 Å². The van der Waals surface area contributed by atoms with Crippen LogP contribution in [0.15, 0.2) is 23.8 Å². The van der Waals surface area contributed by atoms with Gasteiger partial charge < -0.3 is 4.74 Å². The van der Waals surface area contributed by atoms with Crippen LogP contribution in [-0.2, 0) is 14.3 Å². The molecule has 1 aliphatic rings. The molecular formula is C12H16O3. The Morgan fingerprint density at radius 2 is 2.20 bits per heavy atom. The molecule has 0 bridgehead atoms. The first-order valence-electron chi connectivity index (χ1n) is 4.89. The molecule has 0 aliphatic heterocycles. The van der Waals surface area contributed by atoms with Crippen LogP contribution in [-0.4, -0.2) is 18.4 Å². The van der Waals surface area contributed by atoms with E-state index < -0.39 is 0 Å². The second kappa shape index (κ2) is 4.01. The molecule has 0 amide bonds. The third-order valence-corrected chi connectivity index (χ3v) is 2.28. The maximum atomic E-state index is 11.7. The van der Waals surface area contributed by atoms with E-state index in [1.54, 1.807) is 0 Å². The molecule has 82 valence electrons. The van der Waals surface area contributed by atoms with Crippen molar-refractivity contribution in [2.75, 3.05) is 6.61 Å². The smallest absolute Gasteiger partial charge is 0.302 e. The molecule has 0 saturated heterocycles. The van der Waals surface area contributed by atoms with Crippen molar-refractivity contribution in [2.24, 2.45) is 5.41 Å². The number of ketones is 1. The van der Waals surface area contributed by atoms with Gasteiger partial charge in [0, 0.05) is 12.5 Å². The Balaban J connectivity index is 2.84. The molecule has 3 heteroatoms. The number of hydrogen-bond acceptors (Lipinski definition) is 3. The average molecular weight is 208 g/mol. The highest BCUT2D eigenvalue weighted by Gasteiger charge is 2.29. The fourth-order valence-electron chi connectivity index (χ4n) is 1.73. The molecular weight excluding hydrogens is 192 g/mol. The summed E-state index contributed by atoms with van der Waals surface area (Å²) in [6.07, 6.45) is 2.53. The van der Waals surface area contributed by atoms with Gasteiger partial charge in [0.2, 0.25) is 0 Å². The highest BCUT2D eigenvalue weighted by Crippen LogP contribution is 2.33. The Morgan fingerprint density at radius 1 is 1.60 bits per heavy atom. The number of Topliss-reactive ketones (excluding diaryl/α,β-unsaturated/α-hetero) is 1. The van der Waals surface area contributed by atoms with E-state index in [0.29, 0.717) is 17.6 Å². The number of rotatable bonds is 2. The normalized spacial score (nSPS) is 19.8. The second-order valence-electron chi connectivity index (χ2n) is 4.55. The fraction of sp³-hybridized carbons (Fsp3) is 0.500. The minimum Gasteiger partial charge on any atom is -0.461 e. The molecule has 0 fully saturated rings. The third kappa shape index (κ3) is 3.05. The van der Waals surface area contributed by atoms with Crippen molar-refractivity contribution < 1.29 is 14.3 Å². The molecule has 1 rings (SSSR count). The number of esters is 1. The van der Waals surface area contributed by atoms with E-state index in [4.69, 9.17) is 4.74 Å². The topological polar surface area (TPSA) is 43.4 Å². The summed E-state index contributed by atoms with van der Waals surface area (Å²) in [5.74, 6) is -0.465. The molecule has 0 spiro atoms. The maximum absolute atomic E-state index is 11.7. The van der Waals surface area contributed by atoms with E-state index in [1.807, 2.05) is 19.9 Å². The molecule has 3 nitrogen and oxygen atoms in total. The summed E-state index contributed by atoms with van der Waals surface area (Å²) in [4.78, 5) is 22.3. The van der Waals surface area contributed by atoms with Gasteiger partial charge in [0.05, 0.1) is 0 Å². The number of allylic oxidation sites excluding steroid dienone is 2. The summed E-state index contributed by atoms with van der Waals surface area (Å²) in [7, 11) is 0. The van der Waals surface area contributed by atoms with E-state index in [0.717, 1.165) is 0 Å². The largest absolute Gasteiger partial charge is 0.461 e. The van der Waals surface area contributed by atoms with Gasteiger partial charge in [-0.15, -0.1) is 0 Å². The Kier molecular flexibility index (Phi) is 3.12. The molecule has 0 aromatic heterocycles. The first kappa shape index (κ1) is 11.7. The lowest BCUT2D eigenvalue weighted by molar-refractivity contribution is -0.140. The zero-order chi connectivity index (χ0) is 11.6. The molecule has 0 unspecified atom stereocenters. The van der Waals surface area contributed by atoms with Gasteiger partial charge in [-0.1, -0.05) is 26.5 Å². The predicted molar refractivity (Wildman–Crippen MR) is 57.3 cm³/mol. The van der Waals surface area contributed by atoms with Gasteiger partial charge in [-0.05, 0) is 17.4 Å². The summed E-state index contributed by atoms with van der Waals surface area (Å²) in [5, 5.41) is 0. The van der Waals surface area contributed by atoms with Crippen LogP contribution < -0.4 is 0 Å². The van der Waals surface area contributed by atoms with Gasteiger partial charge in [0.1, 0.15) is 6.61 Å². The quantitative estimate of drug-likeness (QED) is 0.515. The van der Waals surface area contributed by atoms with Crippen LogP contribution >= 0.6 is 0 Å². The van der Waals surface area contributed by atoms with Crippen molar-refractivity contribution in [3.63, 3.8) is 0 Å². The minimum atomic E-state index is -0.377. The lowest BCUT2D eigenvalue weighted by Gasteiger charge is -2.27. The SMILES string of the molecule is C=C1CC(C)(C)C=C(COC(C)=O)C1=O. The van der Waals surface area contributed by atoms with Crippen molar-refractivity contribution in [1.82, 2.24) is 0 Å². The van der Waals surface area contributed by atoms with E-state index in [2.05, 4.69) is 6.58 Å². The van der Waals surface area contributed by atoms with Gasteiger partial charge >= 0.3 is 5.97 Å². The Morgan fingerprint density at radius 3 is 2.73 bits per heavy atom. The number of carbonyl (C=O) groups is 2. The van der Waals surface area contributed by atoms with Crippen LogP contribution in [0.25, 0.3) is 0 Å². The Labute approximate surface area is 89.8 Å². The van der Waals surface area contributed by atoms with E-state index in [1.165, 1.54) is 6.92 Å². The summed E-state index contributed by atoms with van der Waals surface area (Å²) >= 11 is 0. The van der Waals surface area contributed by atoms with Crippen molar-refractivity contribution in [2.45, 2.75) is 27.2 Å². The summed E-state index contributed by atoms with van der Waals surface area (Å²) in [5.41, 5.74) is 1.04. The second-order valence-corrected chi connectivity index (χ2v) is 4.55. The number of ether oxygens (including phenoxy) is 1. The zero-order valence-corrected chi connectivity index (χ0v) is 9.42. The average Bonchev–Trinajstić information content (AvgIpc) is 2.08. The minimum absolute atomic E-state index is 0.0522. The van der Waals surface area contributed by atoms with Crippen LogP contribution in [0.5, 0.6) is 0 Å². The molecule has 0 heterocycles. The van der Waals surface area contributed by atoms with Crippen molar-refractivity contribution in [3.8, 4) is 0 Å². The van der Waals surface area contributed by atoms with Crippen LogP contribution in [0.2, 0.25) is 0 Å². The van der Waals surface area contributed by atoms with Crippen molar-refractivity contribution >= 4 is 11.8 Å². The first-order chi connectivity index (χ1) is 6.82. The van der Waals surface area contributed by atoms with Crippen molar-refractivity contribution in [3.05, 3.63) is 23.8 Å². The first-order valence-corrected chi connectivity index (χ1v) is 4.89. The van der Waals surface area contributed by atoms with Gasteiger partial charge in [0.25, 0.3) is 0 Å². The van der Waals surface area contributed by atoms with E-state index in [-0.39, 0.29) is 23.8 Å². The van der Waals surface area contributed by atoms with E-state index >= 15 is 0 Å². The van der Waals surface area contributed by atoms with Gasteiger partial charge in [-0.3, -0.25) is 9.59 Å². The predicted octanol–water partition coefficient (Wildman–Crippen LogP) is 2.03. The van der Waals surface area contributed by atoms with E-state index in [9.17, 15) is 9.59 Å². The summed E-state index contributed by atoms with van der Waals surface area (Å²) < 4.78 is 4.82. The number of carbonyl (C=O) groups excluding carboxylic acids is 2. The van der Waals surface area contributed by atoms with Gasteiger partial charge in [-0.2, -0.15) is 0 Å². The summed E-state index contributed by atoms with van der Waals surface area (Å²) in [6.45, 7) is 9.17. The third-order valence-electron chi connectivity index (χ3n) is 2.28.